The predicted octanol–water partition coefficient (Wildman–Crippen LogP) is 3.56. The summed E-state index contributed by atoms with van der Waals surface area (Å²) < 4.78 is 30.3. The molecular formula is C25H35N3O3S. The van der Waals surface area contributed by atoms with Gasteiger partial charge in [-0.15, -0.1) is 0 Å². The zero-order valence-corrected chi connectivity index (χ0v) is 20.1. The Kier molecular flexibility index (Phi) is 6.41. The molecule has 32 heavy (non-hydrogen) atoms. The van der Waals surface area contributed by atoms with Crippen LogP contribution in [0.25, 0.3) is 0 Å². The number of nitrogens with two attached hydrogens (primary N) is 1. The van der Waals surface area contributed by atoms with Crippen molar-refractivity contribution in [2.75, 3.05) is 48.3 Å². The molecule has 2 atom stereocenters. The van der Waals surface area contributed by atoms with Gasteiger partial charge >= 0.3 is 0 Å². The Morgan fingerprint density at radius 2 is 1.66 bits per heavy atom. The second-order valence-corrected chi connectivity index (χ2v) is 11.8. The second-order valence-electron chi connectivity index (χ2n) is 9.66. The van der Waals surface area contributed by atoms with Gasteiger partial charge in [-0.3, -0.25) is 0 Å². The quantitative estimate of drug-likeness (QED) is 0.685. The molecule has 5 rings (SSSR count). The van der Waals surface area contributed by atoms with E-state index in [1.54, 1.807) is 12.1 Å². The average Bonchev–Trinajstić information content (AvgIpc) is 3.02. The minimum Gasteiger partial charge on any atom is -0.494 e. The first-order valence-electron chi connectivity index (χ1n) is 11.5. The molecule has 0 spiro atoms. The molecule has 2 bridgehead atoms. The van der Waals surface area contributed by atoms with Crippen LogP contribution in [0.3, 0.4) is 0 Å². The molecule has 3 aliphatic heterocycles. The van der Waals surface area contributed by atoms with Crippen molar-refractivity contribution in [3.05, 3.63) is 48.5 Å². The summed E-state index contributed by atoms with van der Waals surface area (Å²) in [5, 5.41) is 0. The van der Waals surface area contributed by atoms with Crippen molar-refractivity contribution in [1.82, 2.24) is 0 Å². The Morgan fingerprint density at radius 1 is 1.00 bits per heavy atom. The number of ether oxygens (including phenoxy) is 1. The summed E-state index contributed by atoms with van der Waals surface area (Å²) in [7, 11) is -3.31. The van der Waals surface area contributed by atoms with Crippen molar-refractivity contribution in [2.24, 2.45) is 17.1 Å². The molecule has 0 saturated carbocycles. The molecule has 3 heterocycles. The summed E-state index contributed by atoms with van der Waals surface area (Å²) >= 11 is 0. The molecule has 174 valence electrons. The highest BCUT2D eigenvalue weighted by Crippen LogP contribution is 2.44. The van der Waals surface area contributed by atoms with E-state index in [1.807, 2.05) is 19.1 Å². The van der Waals surface area contributed by atoms with Crippen molar-refractivity contribution < 1.29 is 13.2 Å². The van der Waals surface area contributed by atoms with Gasteiger partial charge in [0.05, 0.1) is 23.3 Å². The van der Waals surface area contributed by atoms with Crippen LogP contribution in [0.5, 0.6) is 5.75 Å². The molecule has 3 aliphatic rings. The van der Waals surface area contributed by atoms with Crippen LogP contribution in [0.4, 0.5) is 11.4 Å². The van der Waals surface area contributed by atoms with Crippen LogP contribution in [0.15, 0.2) is 53.4 Å². The number of piperidine rings is 1. The monoisotopic (exact) mass is 457 g/mol. The molecule has 3 saturated heterocycles. The molecule has 1 unspecified atom stereocenters. The van der Waals surface area contributed by atoms with Gasteiger partial charge in [0.1, 0.15) is 5.75 Å². The molecular weight excluding hydrogens is 422 g/mol. The lowest BCUT2D eigenvalue weighted by atomic mass is 9.73. The highest BCUT2D eigenvalue weighted by Gasteiger charge is 2.45. The summed E-state index contributed by atoms with van der Waals surface area (Å²) in [4.78, 5) is 5.34. The van der Waals surface area contributed by atoms with Crippen molar-refractivity contribution in [3.63, 3.8) is 0 Å². The van der Waals surface area contributed by atoms with E-state index in [2.05, 4.69) is 47.9 Å². The van der Waals surface area contributed by atoms with E-state index in [4.69, 9.17) is 10.5 Å². The molecule has 7 heteroatoms. The number of hydrogen-bond acceptors (Lipinski definition) is 6. The first-order valence-corrected chi connectivity index (χ1v) is 13.2. The number of nitrogens with zero attached hydrogens (tertiary/aromatic N) is 2. The Morgan fingerprint density at radius 3 is 2.28 bits per heavy atom. The highest BCUT2D eigenvalue weighted by atomic mass is 32.2. The van der Waals surface area contributed by atoms with Crippen LogP contribution in [0.1, 0.15) is 27.2 Å². The van der Waals surface area contributed by atoms with Crippen molar-refractivity contribution in [3.8, 4) is 5.75 Å². The minimum atomic E-state index is -3.31. The highest BCUT2D eigenvalue weighted by molar-refractivity contribution is 7.91. The maximum Gasteiger partial charge on any atom is 0.179 e. The number of rotatable bonds is 7. The molecule has 6 nitrogen and oxygen atoms in total. The fourth-order valence-electron chi connectivity index (χ4n) is 5.37. The normalized spacial score (nSPS) is 22.6. The van der Waals surface area contributed by atoms with Crippen LogP contribution in [0, 0.1) is 11.3 Å². The summed E-state index contributed by atoms with van der Waals surface area (Å²) in [6, 6.07) is 16.2. The first-order chi connectivity index (χ1) is 15.2. The lowest BCUT2D eigenvalue weighted by Crippen LogP contribution is -2.53. The first kappa shape index (κ1) is 22.9. The smallest absolute Gasteiger partial charge is 0.179 e. The van der Waals surface area contributed by atoms with Gasteiger partial charge in [0.2, 0.25) is 0 Å². The van der Waals surface area contributed by atoms with Gasteiger partial charge in [0, 0.05) is 37.6 Å². The molecule has 0 aliphatic carbocycles. The van der Waals surface area contributed by atoms with Gasteiger partial charge in [-0.05, 0) is 73.2 Å². The van der Waals surface area contributed by atoms with Crippen LogP contribution in [-0.2, 0) is 9.84 Å². The van der Waals surface area contributed by atoms with Crippen LogP contribution in [-0.4, -0.2) is 53.0 Å². The summed E-state index contributed by atoms with van der Waals surface area (Å²) in [5.74, 6) is 1.42. The number of fused-ring (bicyclic) bond motifs is 4. The Labute approximate surface area is 192 Å². The van der Waals surface area contributed by atoms with Gasteiger partial charge in [0.15, 0.2) is 9.84 Å². The fraction of sp³-hybridized carbons (Fsp3) is 0.520. The zero-order valence-electron chi connectivity index (χ0n) is 19.3. The van der Waals surface area contributed by atoms with Crippen molar-refractivity contribution in [1.29, 1.82) is 0 Å². The van der Waals surface area contributed by atoms with E-state index in [0.29, 0.717) is 23.5 Å². The molecule has 0 radical (unpaired) electrons. The number of sulfone groups is 1. The van der Waals surface area contributed by atoms with E-state index in [-0.39, 0.29) is 17.7 Å². The van der Waals surface area contributed by atoms with E-state index >= 15 is 0 Å². The Hall–Kier alpha value is -2.25. The second kappa shape index (κ2) is 8.94. The van der Waals surface area contributed by atoms with Crippen LogP contribution in [0.2, 0.25) is 0 Å². The van der Waals surface area contributed by atoms with Crippen LogP contribution < -0.4 is 20.3 Å². The zero-order chi connectivity index (χ0) is 22.9. The minimum absolute atomic E-state index is 0.0224. The van der Waals surface area contributed by atoms with E-state index in [9.17, 15) is 8.42 Å². The third-order valence-electron chi connectivity index (χ3n) is 6.85. The van der Waals surface area contributed by atoms with Gasteiger partial charge in [0.25, 0.3) is 0 Å². The predicted molar refractivity (Wildman–Crippen MR) is 130 cm³/mol. The molecule has 2 N–H and O–H groups in total. The summed E-state index contributed by atoms with van der Waals surface area (Å²) in [5.41, 5.74) is 7.96. The third-order valence-corrected chi connectivity index (χ3v) is 8.61. The molecule has 2 aromatic rings. The average molecular weight is 458 g/mol. The number of hydrogen-bond donors (Lipinski definition) is 1. The summed E-state index contributed by atoms with van der Waals surface area (Å²) in [6.45, 7) is 10.5. The third kappa shape index (κ3) is 4.59. The van der Waals surface area contributed by atoms with Gasteiger partial charge < -0.3 is 20.3 Å². The van der Waals surface area contributed by atoms with E-state index < -0.39 is 9.84 Å². The van der Waals surface area contributed by atoms with E-state index in [0.717, 1.165) is 31.1 Å². The topological polar surface area (TPSA) is 75.9 Å². The van der Waals surface area contributed by atoms with Crippen molar-refractivity contribution in [2.45, 2.75) is 38.1 Å². The lowest BCUT2D eigenvalue weighted by molar-refractivity contribution is 0.192. The van der Waals surface area contributed by atoms with E-state index in [1.165, 1.54) is 12.1 Å². The van der Waals surface area contributed by atoms with Gasteiger partial charge in [-0.1, -0.05) is 13.8 Å². The van der Waals surface area contributed by atoms with Crippen LogP contribution >= 0.6 is 0 Å². The largest absolute Gasteiger partial charge is 0.494 e. The molecule has 0 aromatic heterocycles. The molecule has 3 fully saturated rings. The Balaban J connectivity index is 1.58. The van der Waals surface area contributed by atoms with Gasteiger partial charge in [-0.25, -0.2) is 8.42 Å². The molecule has 2 aromatic carbocycles. The lowest BCUT2D eigenvalue weighted by Gasteiger charge is -2.48. The maximum atomic E-state index is 12.3. The van der Waals surface area contributed by atoms with Crippen molar-refractivity contribution >= 4 is 21.2 Å². The van der Waals surface area contributed by atoms with Gasteiger partial charge in [-0.2, -0.15) is 0 Å². The maximum absolute atomic E-state index is 12.3. The number of benzene rings is 2. The number of anilines is 2. The fourth-order valence-corrected chi connectivity index (χ4v) is 6.47. The summed E-state index contributed by atoms with van der Waals surface area (Å²) in [6.07, 6.45) is 1.19. The standard InChI is InChI=1S/C25H35N3O3S/c1-4-31-22-9-5-21(6-10-22)28-17-19-15-25(2,3)24(28)18-27(16-19)20-7-11-23(12-8-20)32(29,30)14-13-26/h5-12,19,24H,4,13-18,26H2,1-3H3/t19-,24?/m1/s1. The SMILES string of the molecule is CCOc1ccc(N2C[C@H]3CN(c4ccc(S(=O)(=O)CCN)cc4)CC2C(C)(C)C3)cc1. The molecule has 0 amide bonds. The Bertz CT molecular complexity index is 1020.